The van der Waals surface area contributed by atoms with Crippen LogP contribution in [-0.2, 0) is 12.8 Å². The minimum atomic E-state index is -0.159. The number of nitrogens with one attached hydrogen (secondary N) is 2. The summed E-state index contributed by atoms with van der Waals surface area (Å²) < 4.78 is 0. The molecule has 0 saturated heterocycles. The van der Waals surface area contributed by atoms with E-state index in [-0.39, 0.29) is 17.6 Å². The Labute approximate surface area is 155 Å². The summed E-state index contributed by atoms with van der Waals surface area (Å²) in [5.74, 6) is 0.299. The lowest BCUT2D eigenvalue weighted by Crippen LogP contribution is -2.55. The van der Waals surface area contributed by atoms with Crippen LogP contribution in [0.4, 0.5) is 4.79 Å². The molecule has 1 aromatic carbocycles. The highest BCUT2D eigenvalue weighted by Gasteiger charge is 2.39. The van der Waals surface area contributed by atoms with E-state index in [1.807, 2.05) is 33.2 Å². The van der Waals surface area contributed by atoms with Crippen molar-refractivity contribution in [3.8, 4) is 5.75 Å². The third-order valence-corrected chi connectivity index (χ3v) is 5.52. The molecule has 0 fully saturated rings. The van der Waals surface area contributed by atoms with E-state index in [0.717, 1.165) is 31.2 Å². The molecule has 3 rings (SSSR count). The number of phenols is 1. The standard InChI is InChI=1S/C21H29N3O2/c1-15(10-16-6-4-5-7-16)23-20(26)22-14-21(24(2)3)12-17-8-9-19(25)11-18(17)13-21/h4,6-9,11,15,25H,5,10,12-14H2,1-3H3,(H2,22,23,26)/t15-,21+/m0/s1. The molecule has 0 bridgehead atoms. The van der Waals surface area contributed by atoms with E-state index in [2.05, 4.69) is 33.8 Å². The first kappa shape index (κ1) is 18.5. The lowest BCUT2D eigenvalue weighted by molar-refractivity contribution is 0.157. The first-order valence-electron chi connectivity index (χ1n) is 9.26. The molecule has 2 aliphatic carbocycles. The second kappa shape index (κ2) is 7.54. The van der Waals surface area contributed by atoms with Crippen LogP contribution < -0.4 is 10.6 Å². The predicted molar refractivity (Wildman–Crippen MR) is 104 cm³/mol. The molecular weight excluding hydrogens is 326 g/mol. The van der Waals surface area contributed by atoms with Crippen LogP contribution in [0.3, 0.4) is 0 Å². The molecule has 0 spiro atoms. The Morgan fingerprint density at radius 2 is 2.08 bits per heavy atom. The molecule has 0 unspecified atom stereocenters. The fraction of sp³-hybridized carbons (Fsp3) is 0.476. The van der Waals surface area contributed by atoms with Crippen molar-refractivity contribution in [2.24, 2.45) is 0 Å². The van der Waals surface area contributed by atoms with Gasteiger partial charge < -0.3 is 20.6 Å². The monoisotopic (exact) mass is 355 g/mol. The Balaban J connectivity index is 1.56. The summed E-state index contributed by atoms with van der Waals surface area (Å²) in [5, 5.41) is 15.8. The Bertz CT molecular complexity index is 739. The highest BCUT2D eigenvalue weighted by molar-refractivity contribution is 5.74. The number of carbonyl (C=O) groups is 1. The fourth-order valence-electron chi connectivity index (χ4n) is 3.90. The third-order valence-electron chi connectivity index (χ3n) is 5.52. The minimum Gasteiger partial charge on any atom is -0.508 e. The van der Waals surface area contributed by atoms with E-state index in [1.54, 1.807) is 6.07 Å². The molecular formula is C21H29N3O2. The summed E-state index contributed by atoms with van der Waals surface area (Å²) >= 11 is 0. The maximum Gasteiger partial charge on any atom is 0.315 e. The largest absolute Gasteiger partial charge is 0.508 e. The van der Waals surface area contributed by atoms with Crippen molar-refractivity contribution in [1.29, 1.82) is 0 Å². The molecule has 5 nitrogen and oxygen atoms in total. The van der Waals surface area contributed by atoms with Crippen molar-refractivity contribution in [2.75, 3.05) is 20.6 Å². The van der Waals surface area contributed by atoms with Gasteiger partial charge in [-0.25, -0.2) is 4.79 Å². The number of carbonyl (C=O) groups excluding carboxylic acids is 1. The molecule has 0 aliphatic heterocycles. The lowest BCUT2D eigenvalue weighted by Gasteiger charge is -2.36. The van der Waals surface area contributed by atoms with Gasteiger partial charge in [-0.1, -0.05) is 24.3 Å². The maximum atomic E-state index is 12.4. The van der Waals surface area contributed by atoms with Crippen LogP contribution in [0.5, 0.6) is 5.75 Å². The molecule has 1 aromatic rings. The van der Waals surface area contributed by atoms with Crippen molar-refractivity contribution >= 4 is 6.03 Å². The molecule has 26 heavy (non-hydrogen) atoms. The molecule has 0 heterocycles. The average molecular weight is 355 g/mol. The number of benzene rings is 1. The molecule has 5 heteroatoms. The van der Waals surface area contributed by atoms with Crippen LogP contribution in [-0.4, -0.2) is 48.3 Å². The Morgan fingerprint density at radius 1 is 1.31 bits per heavy atom. The minimum absolute atomic E-state index is 0.0945. The van der Waals surface area contributed by atoms with Crippen molar-refractivity contribution in [2.45, 2.75) is 44.2 Å². The molecule has 0 saturated carbocycles. The summed E-state index contributed by atoms with van der Waals surface area (Å²) in [6.07, 6.45) is 9.99. The lowest BCUT2D eigenvalue weighted by atomic mass is 9.94. The van der Waals surface area contributed by atoms with E-state index in [9.17, 15) is 9.90 Å². The number of phenolic OH excluding ortho intramolecular Hbond substituents is 1. The molecule has 140 valence electrons. The average Bonchev–Trinajstić information content (AvgIpc) is 3.20. The number of hydrogen-bond donors (Lipinski definition) is 3. The molecule has 3 N–H and O–H groups in total. The van der Waals surface area contributed by atoms with E-state index in [0.29, 0.717) is 12.3 Å². The van der Waals surface area contributed by atoms with Crippen molar-refractivity contribution < 1.29 is 9.90 Å². The molecule has 2 amide bonds. The summed E-state index contributed by atoms with van der Waals surface area (Å²) in [6.45, 7) is 2.60. The Kier molecular flexibility index (Phi) is 5.37. The van der Waals surface area contributed by atoms with Crippen molar-refractivity contribution in [3.05, 3.63) is 53.1 Å². The van der Waals surface area contributed by atoms with Gasteiger partial charge in [0.25, 0.3) is 0 Å². The van der Waals surface area contributed by atoms with Crippen LogP contribution in [0.25, 0.3) is 0 Å². The number of aromatic hydroxyl groups is 1. The van der Waals surface area contributed by atoms with E-state index < -0.39 is 0 Å². The van der Waals surface area contributed by atoms with E-state index in [4.69, 9.17) is 0 Å². The van der Waals surface area contributed by atoms with Gasteiger partial charge in [-0.3, -0.25) is 0 Å². The van der Waals surface area contributed by atoms with Crippen LogP contribution in [0.1, 0.15) is 30.9 Å². The van der Waals surface area contributed by atoms with Crippen LogP contribution >= 0.6 is 0 Å². The third kappa shape index (κ3) is 4.10. The SMILES string of the molecule is C[C@@H](CC1=CCC=C1)NC(=O)NC[C@@]1(N(C)C)Cc2ccc(O)cc2C1. The van der Waals surface area contributed by atoms with Crippen molar-refractivity contribution in [3.63, 3.8) is 0 Å². The van der Waals surface area contributed by atoms with Crippen LogP contribution in [0.2, 0.25) is 0 Å². The first-order chi connectivity index (χ1) is 12.4. The van der Waals surface area contributed by atoms with E-state index in [1.165, 1.54) is 11.1 Å². The number of amides is 2. The first-order valence-corrected chi connectivity index (χ1v) is 9.26. The van der Waals surface area contributed by atoms with Gasteiger partial charge in [0.05, 0.1) is 0 Å². The summed E-state index contributed by atoms with van der Waals surface area (Å²) in [7, 11) is 4.10. The van der Waals surface area contributed by atoms with Gasteiger partial charge in [-0.05, 0) is 75.5 Å². The van der Waals surface area contributed by atoms with Gasteiger partial charge in [-0.2, -0.15) is 0 Å². The molecule has 0 aromatic heterocycles. The van der Waals surface area contributed by atoms with Crippen LogP contribution in [0, 0.1) is 0 Å². The Morgan fingerprint density at radius 3 is 2.77 bits per heavy atom. The zero-order chi connectivity index (χ0) is 18.7. The van der Waals surface area contributed by atoms with E-state index >= 15 is 0 Å². The second-order valence-corrected chi connectivity index (χ2v) is 7.77. The Hall–Kier alpha value is -2.27. The number of rotatable bonds is 6. The summed E-state index contributed by atoms with van der Waals surface area (Å²) in [6, 6.07) is 5.53. The smallest absolute Gasteiger partial charge is 0.315 e. The number of fused-ring (bicyclic) bond motifs is 1. The van der Waals surface area contributed by atoms with Crippen LogP contribution in [0.15, 0.2) is 42.0 Å². The highest BCUT2D eigenvalue weighted by atomic mass is 16.3. The number of urea groups is 1. The number of likely N-dealkylation sites (N-methyl/N-ethyl adjacent to an activating group) is 1. The molecule has 2 aliphatic rings. The van der Waals surface area contributed by atoms with Crippen molar-refractivity contribution in [1.82, 2.24) is 15.5 Å². The maximum absolute atomic E-state index is 12.4. The zero-order valence-electron chi connectivity index (χ0n) is 15.9. The predicted octanol–water partition coefficient (Wildman–Crippen LogP) is 2.76. The van der Waals surface area contributed by atoms with Gasteiger partial charge in [0, 0.05) is 18.1 Å². The van der Waals surface area contributed by atoms with Gasteiger partial charge in [-0.15, -0.1) is 0 Å². The van der Waals surface area contributed by atoms with Gasteiger partial charge in [0.15, 0.2) is 0 Å². The van der Waals surface area contributed by atoms with Gasteiger partial charge in [0.1, 0.15) is 5.75 Å². The normalized spacial score (nSPS) is 22.2. The fourth-order valence-corrected chi connectivity index (χ4v) is 3.90. The molecule has 0 radical (unpaired) electrons. The summed E-state index contributed by atoms with van der Waals surface area (Å²) in [5.41, 5.74) is 3.53. The van der Waals surface area contributed by atoms with Gasteiger partial charge >= 0.3 is 6.03 Å². The zero-order valence-corrected chi connectivity index (χ0v) is 15.9. The highest BCUT2D eigenvalue weighted by Crippen LogP contribution is 2.34. The quantitative estimate of drug-likeness (QED) is 0.735. The van der Waals surface area contributed by atoms with Gasteiger partial charge in [0.2, 0.25) is 0 Å². The topological polar surface area (TPSA) is 64.6 Å². The number of nitrogens with zero attached hydrogens (tertiary/aromatic N) is 1. The number of hydrogen-bond acceptors (Lipinski definition) is 3. The molecule has 2 atom stereocenters. The number of allylic oxidation sites excluding steroid dienone is 3. The second-order valence-electron chi connectivity index (χ2n) is 7.77. The summed E-state index contributed by atoms with van der Waals surface area (Å²) in [4.78, 5) is 14.5.